The van der Waals surface area contributed by atoms with Gasteiger partial charge in [-0.15, -0.1) is 0 Å². The third-order valence-corrected chi connectivity index (χ3v) is 3.08. The highest BCUT2D eigenvalue weighted by molar-refractivity contribution is 7.09. The lowest BCUT2D eigenvalue weighted by Gasteiger charge is -1.94. The topological polar surface area (TPSA) is 51.0 Å². The first-order valence-electron chi connectivity index (χ1n) is 4.97. The monoisotopic (exact) mass is 221 g/mol. The van der Waals surface area contributed by atoms with E-state index in [9.17, 15) is 0 Å². The van der Waals surface area contributed by atoms with Crippen LogP contribution in [-0.2, 0) is 0 Å². The highest BCUT2D eigenvalue weighted by Gasteiger charge is 2.22. The summed E-state index contributed by atoms with van der Waals surface area (Å²) in [6.07, 6.45) is 4.17. The van der Waals surface area contributed by atoms with E-state index in [0.29, 0.717) is 6.04 Å². The number of nitrogens with one attached hydrogen (secondary N) is 1. The number of hydrogen-bond acceptors (Lipinski definition) is 5. The molecule has 1 saturated carbocycles. The summed E-state index contributed by atoms with van der Waals surface area (Å²) in [5.74, 6) is 1.63. The molecule has 0 spiro atoms. The second-order valence-electron chi connectivity index (χ2n) is 3.73. The quantitative estimate of drug-likeness (QED) is 0.865. The zero-order valence-corrected chi connectivity index (χ0v) is 9.17. The van der Waals surface area contributed by atoms with Gasteiger partial charge < -0.3 is 9.73 Å². The van der Waals surface area contributed by atoms with Crippen LogP contribution < -0.4 is 5.32 Å². The van der Waals surface area contributed by atoms with Crippen LogP contribution in [0.25, 0.3) is 11.4 Å². The third kappa shape index (κ3) is 1.74. The van der Waals surface area contributed by atoms with Crippen molar-refractivity contribution in [1.29, 1.82) is 0 Å². The van der Waals surface area contributed by atoms with Crippen molar-refractivity contribution >= 4 is 16.7 Å². The van der Waals surface area contributed by atoms with Crippen LogP contribution in [-0.4, -0.2) is 15.4 Å². The maximum Gasteiger partial charge on any atom is 0.203 e. The molecule has 1 fully saturated rings. The molecule has 1 aliphatic carbocycles. The van der Waals surface area contributed by atoms with Crippen LogP contribution >= 0.6 is 11.5 Å². The summed E-state index contributed by atoms with van der Waals surface area (Å²) < 4.78 is 9.53. The van der Waals surface area contributed by atoms with Crippen molar-refractivity contribution in [2.24, 2.45) is 0 Å². The fraction of sp³-hybridized carbons (Fsp3) is 0.400. The van der Waals surface area contributed by atoms with E-state index >= 15 is 0 Å². The van der Waals surface area contributed by atoms with Crippen molar-refractivity contribution in [3.05, 3.63) is 18.1 Å². The first-order valence-corrected chi connectivity index (χ1v) is 5.75. The number of anilines is 1. The molecule has 0 atom stereocenters. The minimum absolute atomic E-state index is 0.622. The normalized spacial score (nSPS) is 15.5. The van der Waals surface area contributed by atoms with Crippen LogP contribution in [0.3, 0.4) is 0 Å². The van der Waals surface area contributed by atoms with Crippen molar-refractivity contribution in [2.75, 3.05) is 5.32 Å². The van der Waals surface area contributed by atoms with Gasteiger partial charge in [-0.2, -0.15) is 9.36 Å². The van der Waals surface area contributed by atoms with Crippen molar-refractivity contribution in [2.45, 2.75) is 25.8 Å². The zero-order chi connectivity index (χ0) is 10.3. The van der Waals surface area contributed by atoms with E-state index in [1.165, 1.54) is 24.4 Å². The molecule has 3 rings (SSSR count). The zero-order valence-electron chi connectivity index (χ0n) is 8.36. The summed E-state index contributed by atoms with van der Waals surface area (Å²) in [7, 11) is 0. The Morgan fingerprint density at radius 2 is 2.40 bits per heavy atom. The molecule has 78 valence electrons. The van der Waals surface area contributed by atoms with E-state index in [-0.39, 0.29) is 0 Å². The number of aryl methyl sites for hydroxylation is 1. The molecule has 15 heavy (non-hydrogen) atoms. The Hall–Kier alpha value is -1.36. The van der Waals surface area contributed by atoms with Gasteiger partial charge in [0.25, 0.3) is 0 Å². The maximum absolute atomic E-state index is 5.23. The molecule has 2 heterocycles. The summed E-state index contributed by atoms with van der Waals surface area (Å²) in [6.45, 7) is 1.92. The summed E-state index contributed by atoms with van der Waals surface area (Å²) in [5.41, 5.74) is 0.982. The van der Waals surface area contributed by atoms with Gasteiger partial charge in [0.15, 0.2) is 5.82 Å². The third-order valence-electron chi connectivity index (χ3n) is 2.43. The van der Waals surface area contributed by atoms with Crippen LogP contribution in [0.5, 0.6) is 0 Å². The van der Waals surface area contributed by atoms with Crippen LogP contribution in [0.1, 0.15) is 18.6 Å². The summed E-state index contributed by atoms with van der Waals surface area (Å²) in [5, 5.41) is 4.24. The highest BCUT2D eigenvalue weighted by atomic mass is 32.1. The maximum atomic E-state index is 5.23. The average molecular weight is 221 g/mol. The predicted octanol–water partition coefficient (Wildman–Crippen LogP) is 2.68. The summed E-state index contributed by atoms with van der Waals surface area (Å²) in [4.78, 5) is 4.43. The van der Waals surface area contributed by atoms with Gasteiger partial charge in [0.2, 0.25) is 5.13 Å². The fourth-order valence-electron chi connectivity index (χ4n) is 1.41. The second-order valence-corrected chi connectivity index (χ2v) is 4.48. The van der Waals surface area contributed by atoms with Crippen LogP contribution in [0.2, 0.25) is 0 Å². The van der Waals surface area contributed by atoms with Crippen LogP contribution in [0, 0.1) is 6.92 Å². The second kappa shape index (κ2) is 3.34. The van der Waals surface area contributed by atoms with Gasteiger partial charge in [-0.1, -0.05) is 0 Å². The Balaban J connectivity index is 1.86. The van der Waals surface area contributed by atoms with Gasteiger partial charge in [0, 0.05) is 17.6 Å². The Morgan fingerprint density at radius 1 is 1.53 bits per heavy atom. The fourth-order valence-corrected chi connectivity index (χ4v) is 2.07. The van der Waals surface area contributed by atoms with Gasteiger partial charge >= 0.3 is 0 Å². The van der Waals surface area contributed by atoms with Gasteiger partial charge in [-0.25, -0.2) is 0 Å². The van der Waals surface area contributed by atoms with E-state index in [0.717, 1.165) is 22.3 Å². The lowest BCUT2D eigenvalue weighted by atomic mass is 10.2. The molecule has 4 nitrogen and oxygen atoms in total. The number of furan rings is 1. The van der Waals surface area contributed by atoms with Crippen LogP contribution in [0.4, 0.5) is 5.13 Å². The molecule has 0 aliphatic heterocycles. The molecular formula is C10H11N3OS. The first kappa shape index (κ1) is 8.91. The minimum atomic E-state index is 0.622. The first-order chi connectivity index (χ1) is 7.33. The summed E-state index contributed by atoms with van der Waals surface area (Å²) >= 11 is 1.41. The van der Waals surface area contributed by atoms with Crippen molar-refractivity contribution < 1.29 is 4.42 Å². The van der Waals surface area contributed by atoms with Crippen LogP contribution in [0.15, 0.2) is 16.7 Å². The molecular weight excluding hydrogens is 210 g/mol. The van der Waals surface area contributed by atoms with E-state index in [4.69, 9.17) is 4.42 Å². The van der Waals surface area contributed by atoms with E-state index in [1.807, 2.05) is 13.0 Å². The number of rotatable bonds is 3. The Labute approximate surface area is 91.5 Å². The molecule has 1 aliphatic rings. The number of nitrogens with zero attached hydrogens (tertiary/aromatic N) is 2. The van der Waals surface area contributed by atoms with Crippen molar-refractivity contribution in [3.8, 4) is 11.4 Å². The molecule has 0 amide bonds. The van der Waals surface area contributed by atoms with Gasteiger partial charge in [-0.3, -0.25) is 0 Å². The molecule has 0 aromatic carbocycles. The SMILES string of the molecule is Cc1occc1-c1nsc(NC2CC2)n1. The van der Waals surface area contributed by atoms with Gasteiger partial charge in [0.05, 0.1) is 11.8 Å². The van der Waals surface area contributed by atoms with Gasteiger partial charge in [-0.05, 0) is 25.8 Å². The number of hydrogen-bond donors (Lipinski definition) is 1. The molecule has 5 heteroatoms. The minimum Gasteiger partial charge on any atom is -0.469 e. The Bertz CT molecular complexity index is 472. The molecule has 2 aromatic rings. The van der Waals surface area contributed by atoms with E-state index in [1.54, 1.807) is 6.26 Å². The number of aromatic nitrogens is 2. The molecule has 2 aromatic heterocycles. The Kier molecular flexibility index (Phi) is 1.98. The molecule has 0 unspecified atom stereocenters. The lowest BCUT2D eigenvalue weighted by molar-refractivity contribution is 0.535. The molecule has 0 bridgehead atoms. The largest absolute Gasteiger partial charge is 0.469 e. The van der Waals surface area contributed by atoms with Crippen molar-refractivity contribution in [3.63, 3.8) is 0 Å². The molecule has 0 saturated heterocycles. The summed E-state index contributed by atoms with van der Waals surface area (Å²) in [6, 6.07) is 2.52. The van der Waals surface area contributed by atoms with Gasteiger partial charge in [0.1, 0.15) is 5.76 Å². The van der Waals surface area contributed by atoms with E-state index in [2.05, 4.69) is 14.7 Å². The predicted molar refractivity (Wildman–Crippen MR) is 59.0 cm³/mol. The van der Waals surface area contributed by atoms with E-state index < -0.39 is 0 Å². The lowest BCUT2D eigenvalue weighted by Crippen LogP contribution is -1.99. The Morgan fingerprint density at radius 3 is 3.07 bits per heavy atom. The molecule has 0 radical (unpaired) electrons. The van der Waals surface area contributed by atoms with Crippen molar-refractivity contribution in [1.82, 2.24) is 9.36 Å². The highest BCUT2D eigenvalue weighted by Crippen LogP contribution is 2.28. The smallest absolute Gasteiger partial charge is 0.203 e. The molecule has 1 N–H and O–H groups in total. The standard InChI is InChI=1S/C10H11N3OS/c1-6-8(4-5-14-6)9-12-10(15-13-9)11-7-2-3-7/h4-5,7H,2-3H2,1H3,(H,11,12,13). The average Bonchev–Trinajstić information content (AvgIpc) is 2.74.